The molecule has 4 aromatic rings. The Morgan fingerprint density at radius 3 is 2.27 bits per heavy atom. The van der Waals surface area contributed by atoms with Crippen molar-refractivity contribution >= 4 is 21.9 Å². The average molecular weight is 714 g/mol. The van der Waals surface area contributed by atoms with E-state index in [0.717, 1.165) is 70.6 Å². The minimum atomic E-state index is -0.452. The topological polar surface area (TPSA) is 69.7 Å². The lowest BCUT2D eigenvalue weighted by molar-refractivity contribution is -0.132. The number of methoxy groups -OCH3 is 2. The fourth-order valence-electron chi connectivity index (χ4n) is 7.42. The maximum absolute atomic E-state index is 12.6. The highest BCUT2D eigenvalue weighted by Gasteiger charge is 2.37. The summed E-state index contributed by atoms with van der Waals surface area (Å²) in [4.78, 5) is 17.4. The number of esters is 1. The van der Waals surface area contributed by atoms with Crippen LogP contribution in [0.3, 0.4) is 0 Å². The summed E-state index contributed by atoms with van der Waals surface area (Å²) in [5.41, 5.74) is 7.92. The van der Waals surface area contributed by atoms with Gasteiger partial charge in [-0.1, -0.05) is 24.3 Å². The van der Waals surface area contributed by atoms with E-state index in [2.05, 4.69) is 83.1 Å². The van der Waals surface area contributed by atoms with Crippen LogP contribution in [-0.4, -0.2) is 57.2 Å². The third-order valence-corrected chi connectivity index (χ3v) is 10.8. The van der Waals surface area contributed by atoms with Gasteiger partial charge >= 0.3 is 5.97 Å². The van der Waals surface area contributed by atoms with E-state index >= 15 is 0 Å². The smallest absolute Gasteiger partial charge is 0.308 e. The van der Waals surface area contributed by atoms with Crippen molar-refractivity contribution in [3.8, 4) is 40.2 Å². The van der Waals surface area contributed by atoms with Crippen LogP contribution in [0.25, 0.3) is 0 Å². The zero-order valence-electron chi connectivity index (χ0n) is 28.3. The monoisotopic (exact) mass is 712 g/mol. The molecule has 0 fully saturated rings. The Bertz CT molecular complexity index is 1890. The van der Waals surface area contributed by atoms with Crippen LogP contribution in [0.4, 0.5) is 0 Å². The second-order valence-electron chi connectivity index (χ2n) is 13.0. The first-order valence-electron chi connectivity index (χ1n) is 16.4. The van der Waals surface area contributed by atoms with Crippen molar-refractivity contribution in [1.82, 2.24) is 9.80 Å². The molecule has 2 atom stereocenters. The molecule has 250 valence electrons. The second-order valence-corrected chi connectivity index (χ2v) is 13.8. The van der Waals surface area contributed by atoms with Crippen LogP contribution in [0.1, 0.15) is 58.0 Å². The van der Waals surface area contributed by atoms with E-state index in [1.165, 1.54) is 23.6 Å². The van der Waals surface area contributed by atoms with Crippen LogP contribution in [0.2, 0.25) is 0 Å². The highest BCUT2D eigenvalue weighted by Crippen LogP contribution is 2.54. The summed E-state index contributed by atoms with van der Waals surface area (Å²) in [6.45, 7) is 5.28. The van der Waals surface area contributed by atoms with Gasteiger partial charge < -0.3 is 23.7 Å². The number of nitrogens with zero attached hydrogens (tertiary/aromatic N) is 2. The first kappa shape index (κ1) is 32.5. The van der Waals surface area contributed by atoms with E-state index in [1.807, 2.05) is 18.2 Å². The molecule has 0 radical (unpaired) electrons. The van der Waals surface area contributed by atoms with Crippen molar-refractivity contribution < 1.29 is 28.5 Å². The van der Waals surface area contributed by atoms with Crippen LogP contribution in [0.15, 0.2) is 59.1 Å². The zero-order chi connectivity index (χ0) is 33.7. The molecule has 48 heavy (non-hydrogen) atoms. The molecule has 0 aromatic heterocycles. The number of hydrogen-bond donors (Lipinski definition) is 0. The maximum atomic E-state index is 12.6. The summed E-state index contributed by atoms with van der Waals surface area (Å²) in [6, 6.07) is 18.9. The van der Waals surface area contributed by atoms with Crippen molar-refractivity contribution in [3.63, 3.8) is 0 Å². The first-order chi connectivity index (χ1) is 23.1. The van der Waals surface area contributed by atoms with Crippen LogP contribution in [-0.2, 0) is 30.5 Å². The normalized spacial score (nSPS) is 18.9. The lowest BCUT2D eigenvalue weighted by atomic mass is 9.87. The average Bonchev–Trinajstić information content (AvgIpc) is 3.06. The van der Waals surface area contributed by atoms with Gasteiger partial charge in [-0.15, -0.1) is 0 Å². The van der Waals surface area contributed by atoms with Crippen molar-refractivity contribution in [3.05, 3.63) is 98.0 Å². The minimum absolute atomic E-state index is 0.114. The standard InChI is InChI=1S/C39H41BrN2O6/c1-22-17-26-13-15-41(3)30-18-24-7-10-27(11-8-24)47-34-20-25(9-12-32(34)44-5)19-31-35-28(14-16-42(31)4)36(40)38(45-6)39(46-23(2)43)37(35)48-33(22)21-29(26)30/h7-12,17,20-21,30-31H,13-16,18-19H2,1-6H3/t30-,31-/m0/s1. The summed E-state index contributed by atoms with van der Waals surface area (Å²) in [7, 11) is 7.56. The fraction of sp³-hybridized carbons (Fsp3) is 0.359. The third kappa shape index (κ3) is 5.93. The Labute approximate surface area is 290 Å². The number of benzene rings is 4. The molecule has 4 heterocycles. The maximum Gasteiger partial charge on any atom is 0.308 e. The molecule has 4 aromatic carbocycles. The quantitative estimate of drug-likeness (QED) is 0.156. The van der Waals surface area contributed by atoms with E-state index in [1.54, 1.807) is 14.2 Å². The molecule has 8 nitrogen and oxygen atoms in total. The second kappa shape index (κ2) is 13.1. The van der Waals surface area contributed by atoms with Crippen molar-refractivity contribution in [2.75, 3.05) is 41.4 Å². The van der Waals surface area contributed by atoms with Crippen molar-refractivity contribution in [1.29, 1.82) is 0 Å². The summed E-state index contributed by atoms with van der Waals surface area (Å²) < 4.78 is 31.9. The highest BCUT2D eigenvalue weighted by atomic mass is 79.9. The van der Waals surface area contributed by atoms with E-state index in [-0.39, 0.29) is 17.8 Å². The van der Waals surface area contributed by atoms with E-state index < -0.39 is 5.97 Å². The Morgan fingerprint density at radius 2 is 1.54 bits per heavy atom. The van der Waals surface area contributed by atoms with Gasteiger partial charge in [0.05, 0.1) is 18.7 Å². The lowest BCUT2D eigenvalue weighted by Gasteiger charge is -2.38. The van der Waals surface area contributed by atoms with Crippen molar-refractivity contribution in [2.24, 2.45) is 0 Å². The number of rotatable bonds is 3. The molecule has 8 rings (SSSR count). The summed E-state index contributed by atoms with van der Waals surface area (Å²) in [6.07, 6.45) is 3.20. The Morgan fingerprint density at radius 1 is 0.833 bits per heavy atom. The van der Waals surface area contributed by atoms with Crippen LogP contribution in [0.5, 0.6) is 40.2 Å². The number of carbonyl (C=O) groups excluding carboxylic acids is 1. The number of likely N-dealkylation sites (N-methyl/N-ethyl adjacent to an activating group) is 2. The van der Waals surface area contributed by atoms with Gasteiger partial charge in [-0.3, -0.25) is 14.6 Å². The summed E-state index contributed by atoms with van der Waals surface area (Å²) >= 11 is 3.84. The Kier molecular flexibility index (Phi) is 8.87. The zero-order valence-corrected chi connectivity index (χ0v) is 29.9. The van der Waals surface area contributed by atoms with E-state index in [0.29, 0.717) is 29.4 Å². The molecule has 0 amide bonds. The van der Waals surface area contributed by atoms with E-state index in [9.17, 15) is 4.79 Å². The third-order valence-electron chi connectivity index (χ3n) is 9.99. The SMILES string of the molecule is COc1ccc2cc1Oc1ccc(cc1)C[C@H]1c3cc(c(C)cc3CCN1C)Oc1c(OC(C)=O)c(OC)c(Br)c3c1[C@H](C2)N(C)CC3. The molecule has 6 bridgehead atoms. The van der Waals surface area contributed by atoms with Crippen LogP contribution in [0, 0.1) is 6.92 Å². The van der Waals surface area contributed by atoms with Gasteiger partial charge in [0.25, 0.3) is 0 Å². The fourth-order valence-corrected chi connectivity index (χ4v) is 8.17. The molecule has 0 aliphatic carbocycles. The Hall–Kier alpha value is -4.05. The molecule has 9 heteroatoms. The summed E-state index contributed by atoms with van der Waals surface area (Å²) in [5.74, 6) is 3.57. The van der Waals surface area contributed by atoms with Gasteiger partial charge in [-0.2, -0.15) is 0 Å². The van der Waals surface area contributed by atoms with Gasteiger partial charge in [0.15, 0.2) is 23.0 Å². The van der Waals surface area contributed by atoms with Gasteiger partial charge in [0.1, 0.15) is 11.5 Å². The van der Waals surface area contributed by atoms with Gasteiger partial charge in [-0.05, 0) is 126 Å². The molecule has 4 aliphatic rings. The lowest BCUT2D eigenvalue weighted by Crippen LogP contribution is -2.34. The van der Waals surface area contributed by atoms with Crippen LogP contribution >= 0.6 is 15.9 Å². The molecule has 0 spiro atoms. The highest BCUT2D eigenvalue weighted by molar-refractivity contribution is 9.10. The first-order valence-corrected chi connectivity index (χ1v) is 17.2. The number of fused-ring (bicyclic) bond motifs is 2. The molecule has 0 unspecified atom stereocenters. The molecule has 0 saturated carbocycles. The molecular formula is C39H41BrN2O6. The number of carbonyl (C=O) groups is 1. The largest absolute Gasteiger partial charge is 0.493 e. The number of ether oxygens (including phenoxy) is 5. The van der Waals surface area contributed by atoms with E-state index in [4.69, 9.17) is 23.7 Å². The van der Waals surface area contributed by atoms with Gasteiger partial charge in [0.2, 0.25) is 5.75 Å². The Balaban J connectivity index is 1.49. The predicted molar refractivity (Wildman–Crippen MR) is 188 cm³/mol. The predicted octanol–water partition coefficient (Wildman–Crippen LogP) is 8.14. The number of hydrogen-bond acceptors (Lipinski definition) is 8. The summed E-state index contributed by atoms with van der Waals surface area (Å²) in [5, 5.41) is 0. The van der Waals surface area contributed by atoms with Crippen molar-refractivity contribution in [2.45, 2.75) is 51.6 Å². The molecule has 0 saturated heterocycles. The number of halogens is 1. The van der Waals surface area contributed by atoms with Crippen LogP contribution < -0.4 is 23.7 Å². The minimum Gasteiger partial charge on any atom is -0.493 e. The molecular weight excluding hydrogens is 672 g/mol. The van der Waals surface area contributed by atoms with Gasteiger partial charge in [-0.25, -0.2) is 0 Å². The van der Waals surface area contributed by atoms with Gasteiger partial charge in [0, 0.05) is 37.7 Å². The molecule has 4 aliphatic heterocycles. The number of aryl methyl sites for hydroxylation is 1. The molecule has 0 N–H and O–H groups in total.